The van der Waals surface area contributed by atoms with Crippen molar-refractivity contribution in [3.05, 3.63) is 52.3 Å². The van der Waals surface area contributed by atoms with Crippen LogP contribution in [0.1, 0.15) is 16.1 Å². The van der Waals surface area contributed by atoms with Crippen LogP contribution in [0.3, 0.4) is 0 Å². The maximum absolute atomic E-state index is 11.1. The molecular weight excluding hydrogens is 326 g/mol. The molecular formula is C14H12BrNO4. The number of aromatic nitrogens is 1. The maximum atomic E-state index is 11.1. The predicted molar refractivity (Wildman–Crippen MR) is 76.2 cm³/mol. The van der Waals surface area contributed by atoms with Crippen LogP contribution in [0.25, 0.3) is 0 Å². The minimum atomic E-state index is -1.05. The number of nitrogens with zero attached hydrogens (tertiary/aromatic N) is 1. The Hall–Kier alpha value is -2.08. The normalized spacial score (nSPS) is 10.1. The second kappa shape index (κ2) is 6.38. The number of hydrogen-bond acceptors (Lipinski definition) is 4. The molecule has 104 valence electrons. The summed E-state index contributed by atoms with van der Waals surface area (Å²) in [6, 6.07) is 8.21. The molecule has 1 aromatic heterocycles. The molecule has 0 saturated carbocycles. The third-order valence-electron chi connectivity index (χ3n) is 2.58. The number of carboxylic acids is 1. The maximum Gasteiger partial charge on any atom is 0.339 e. The number of methoxy groups -OCH3 is 1. The van der Waals surface area contributed by atoms with E-state index in [0.29, 0.717) is 11.4 Å². The van der Waals surface area contributed by atoms with E-state index in [1.54, 1.807) is 24.4 Å². The second-order valence-electron chi connectivity index (χ2n) is 3.92. The largest absolute Gasteiger partial charge is 0.497 e. The zero-order chi connectivity index (χ0) is 14.5. The number of ether oxygens (including phenoxy) is 2. The molecule has 0 unspecified atom stereocenters. The Labute approximate surface area is 124 Å². The summed E-state index contributed by atoms with van der Waals surface area (Å²) in [6.45, 7) is 0.181. The molecule has 6 heteroatoms. The van der Waals surface area contributed by atoms with Crippen molar-refractivity contribution >= 4 is 21.9 Å². The molecule has 2 aromatic rings. The van der Waals surface area contributed by atoms with Gasteiger partial charge in [-0.25, -0.2) is 4.79 Å². The Morgan fingerprint density at radius 3 is 2.75 bits per heavy atom. The van der Waals surface area contributed by atoms with Crippen LogP contribution in [0, 0.1) is 0 Å². The SMILES string of the molecule is COc1ccc(C(=O)O)c(OCc2ccc(Br)cn2)c1. The smallest absolute Gasteiger partial charge is 0.339 e. The van der Waals surface area contributed by atoms with Crippen molar-refractivity contribution in [1.29, 1.82) is 0 Å². The van der Waals surface area contributed by atoms with E-state index in [-0.39, 0.29) is 17.9 Å². The molecule has 1 heterocycles. The lowest BCUT2D eigenvalue weighted by Crippen LogP contribution is -2.04. The molecule has 1 N–H and O–H groups in total. The number of carboxylic acid groups (broad SMARTS) is 1. The highest BCUT2D eigenvalue weighted by Gasteiger charge is 2.12. The molecule has 0 fully saturated rings. The number of pyridine rings is 1. The molecule has 0 bridgehead atoms. The summed E-state index contributed by atoms with van der Waals surface area (Å²) in [4.78, 5) is 15.3. The van der Waals surface area contributed by atoms with E-state index in [1.807, 2.05) is 6.07 Å². The summed E-state index contributed by atoms with van der Waals surface area (Å²) in [6.07, 6.45) is 1.66. The molecule has 0 aliphatic heterocycles. The highest BCUT2D eigenvalue weighted by molar-refractivity contribution is 9.10. The van der Waals surface area contributed by atoms with Crippen LogP contribution in [0.2, 0.25) is 0 Å². The lowest BCUT2D eigenvalue weighted by Gasteiger charge is -2.10. The predicted octanol–water partition coefficient (Wildman–Crippen LogP) is 3.13. The van der Waals surface area contributed by atoms with Gasteiger partial charge in [-0.2, -0.15) is 0 Å². The Bertz CT molecular complexity index is 613. The van der Waals surface area contributed by atoms with Crippen molar-refractivity contribution in [1.82, 2.24) is 4.98 Å². The lowest BCUT2D eigenvalue weighted by molar-refractivity contribution is 0.0691. The van der Waals surface area contributed by atoms with Crippen molar-refractivity contribution < 1.29 is 19.4 Å². The molecule has 0 amide bonds. The quantitative estimate of drug-likeness (QED) is 0.907. The minimum Gasteiger partial charge on any atom is -0.497 e. The van der Waals surface area contributed by atoms with E-state index in [4.69, 9.17) is 14.6 Å². The highest BCUT2D eigenvalue weighted by atomic mass is 79.9. The van der Waals surface area contributed by atoms with Crippen molar-refractivity contribution in [3.8, 4) is 11.5 Å². The van der Waals surface area contributed by atoms with Crippen LogP contribution < -0.4 is 9.47 Å². The number of aromatic carboxylic acids is 1. The Kier molecular flexibility index (Phi) is 4.57. The van der Waals surface area contributed by atoms with Gasteiger partial charge in [-0.1, -0.05) is 0 Å². The molecule has 0 aliphatic carbocycles. The van der Waals surface area contributed by atoms with Crippen molar-refractivity contribution in [2.45, 2.75) is 6.61 Å². The fourth-order valence-electron chi connectivity index (χ4n) is 1.57. The lowest BCUT2D eigenvalue weighted by atomic mass is 10.2. The summed E-state index contributed by atoms with van der Waals surface area (Å²) in [5.41, 5.74) is 0.787. The fraction of sp³-hybridized carbons (Fsp3) is 0.143. The Morgan fingerprint density at radius 1 is 1.35 bits per heavy atom. The standard InChI is InChI=1S/C14H12BrNO4/c1-19-11-4-5-12(14(17)18)13(6-11)20-8-10-3-2-9(15)7-16-10/h2-7H,8H2,1H3,(H,17,18). The van der Waals surface area contributed by atoms with Gasteiger partial charge in [-0.05, 0) is 40.2 Å². The first kappa shape index (κ1) is 14.3. The van der Waals surface area contributed by atoms with Gasteiger partial charge in [0, 0.05) is 16.7 Å². The van der Waals surface area contributed by atoms with E-state index in [9.17, 15) is 4.79 Å². The van der Waals surface area contributed by atoms with Gasteiger partial charge in [0.1, 0.15) is 23.7 Å². The topological polar surface area (TPSA) is 68.7 Å². The highest BCUT2D eigenvalue weighted by Crippen LogP contribution is 2.25. The van der Waals surface area contributed by atoms with Crippen LogP contribution in [-0.4, -0.2) is 23.2 Å². The first-order chi connectivity index (χ1) is 9.60. The zero-order valence-corrected chi connectivity index (χ0v) is 12.3. The number of carbonyl (C=O) groups is 1. The van der Waals surface area contributed by atoms with E-state index in [2.05, 4.69) is 20.9 Å². The van der Waals surface area contributed by atoms with E-state index in [0.717, 1.165) is 4.47 Å². The number of benzene rings is 1. The van der Waals surface area contributed by atoms with Crippen LogP contribution in [0.4, 0.5) is 0 Å². The van der Waals surface area contributed by atoms with Gasteiger partial charge < -0.3 is 14.6 Å². The van der Waals surface area contributed by atoms with E-state index in [1.165, 1.54) is 13.2 Å². The van der Waals surface area contributed by atoms with Gasteiger partial charge in [0.15, 0.2) is 0 Å². The molecule has 1 aromatic carbocycles. The van der Waals surface area contributed by atoms with E-state index < -0.39 is 5.97 Å². The first-order valence-electron chi connectivity index (χ1n) is 5.74. The molecule has 5 nitrogen and oxygen atoms in total. The van der Waals surface area contributed by atoms with Gasteiger partial charge in [-0.3, -0.25) is 4.98 Å². The fourth-order valence-corrected chi connectivity index (χ4v) is 1.80. The molecule has 0 saturated heterocycles. The van der Waals surface area contributed by atoms with E-state index >= 15 is 0 Å². The molecule has 0 radical (unpaired) electrons. The number of rotatable bonds is 5. The van der Waals surface area contributed by atoms with Gasteiger partial charge in [0.25, 0.3) is 0 Å². The first-order valence-corrected chi connectivity index (χ1v) is 6.54. The van der Waals surface area contributed by atoms with Crippen LogP contribution in [0.5, 0.6) is 11.5 Å². The van der Waals surface area contributed by atoms with Gasteiger partial charge in [0.2, 0.25) is 0 Å². The van der Waals surface area contributed by atoms with Crippen LogP contribution in [-0.2, 0) is 6.61 Å². The molecule has 0 spiro atoms. The summed E-state index contributed by atoms with van der Waals surface area (Å²) in [7, 11) is 1.51. The Balaban J connectivity index is 2.18. The second-order valence-corrected chi connectivity index (χ2v) is 4.84. The number of hydrogen-bond donors (Lipinski definition) is 1. The average Bonchev–Trinajstić information content (AvgIpc) is 2.46. The molecule has 0 aliphatic rings. The monoisotopic (exact) mass is 337 g/mol. The van der Waals surface area contributed by atoms with Crippen molar-refractivity contribution in [2.24, 2.45) is 0 Å². The summed E-state index contributed by atoms with van der Waals surface area (Å²) < 4.78 is 11.5. The molecule has 0 atom stereocenters. The van der Waals surface area contributed by atoms with Crippen LogP contribution >= 0.6 is 15.9 Å². The third kappa shape index (κ3) is 3.48. The summed E-state index contributed by atoms with van der Waals surface area (Å²) in [5, 5.41) is 9.12. The summed E-state index contributed by atoms with van der Waals surface area (Å²) >= 11 is 3.29. The number of halogens is 1. The zero-order valence-electron chi connectivity index (χ0n) is 10.7. The Morgan fingerprint density at radius 2 is 2.15 bits per heavy atom. The van der Waals surface area contributed by atoms with Crippen LogP contribution in [0.15, 0.2) is 41.0 Å². The molecule has 2 rings (SSSR count). The van der Waals surface area contributed by atoms with Crippen molar-refractivity contribution in [3.63, 3.8) is 0 Å². The average molecular weight is 338 g/mol. The van der Waals surface area contributed by atoms with Gasteiger partial charge in [0.05, 0.1) is 12.8 Å². The van der Waals surface area contributed by atoms with Gasteiger partial charge >= 0.3 is 5.97 Å². The van der Waals surface area contributed by atoms with Gasteiger partial charge in [-0.15, -0.1) is 0 Å². The molecule has 20 heavy (non-hydrogen) atoms. The summed E-state index contributed by atoms with van der Waals surface area (Å²) in [5.74, 6) is -0.262. The minimum absolute atomic E-state index is 0.0860. The van der Waals surface area contributed by atoms with Crippen molar-refractivity contribution in [2.75, 3.05) is 7.11 Å². The third-order valence-corrected chi connectivity index (χ3v) is 3.05.